The number of aryl methyl sites for hydroxylation is 1. The maximum atomic E-state index is 13.8. The van der Waals surface area contributed by atoms with Gasteiger partial charge in [-0.05, 0) is 126 Å². The van der Waals surface area contributed by atoms with Crippen LogP contribution >= 0.6 is 0 Å². The van der Waals surface area contributed by atoms with Gasteiger partial charge < -0.3 is 24.4 Å². The summed E-state index contributed by atoms with van der Waals surface area (Å²) in [5.41, 5.74) is 8.00. The number of hydrogen-bond acceptors (Lipinski definition) is 7. The van der Waals surface area contributed by atoms with Crippen molar-refractivity contribution in [1.29, 1.82) is 0 Å². The van der Waals surface area contributed by atoms with Gasteiger partial charge in [0.25, 0.3) is 5.91 Å². The number of methoxy groups -OCH3 is 2. The van der Waals surface area contributed by atoms with Crippen LogP contribution in [0.15, 0.2) is 72.8 Å². The summed E-state index contributed by atoms with van der Waals surface area (Å²) in [6.45, 7) is 16.3. The van der Waals surface area contributed by atoms with Gasteiger partial charge in [0, 0.05) is 42.0 Å². The smallest absolute Gasteiger partial charge is 0.325 e. The molecule has 0 fully saturated rings. The number of rotatable bonds is 9. The van der Waals surface area contributed by atoms with Crippen LogP contribution in [0.25, 0.3) is 5.57 Å². The number of fused-ring (bicyclic) bond motifs is 3. The van der Waals surface area contributed by atoms with Gasteiger partial charge >= 0.3 is 11.9 Å². The highest BCUT2D eigenvalue weighted by atomic mass is 28.3. The number of aromatic hydroxyl groups is 1. The average Bonchev–Trinajstić information content (AvgIpc) is 3.14. The zero-order chi connectivity index (χ0) is 39.3. The second kappa shape index (κ2) is 14.5. The fourth-order valence-corrected chi connectivity index (χ4v) is 11.7. The molecule has 4 aromatic carbocycles. The molecule has 0 saturated carbocycles. The van der Waals surface area contributed by atoms with Gasteiger partial charge in [0.15, 0.2) is 5.54 Å². The molecule has 1 unspecified atom stereocenters. The lowest BCUT2D eigenvalue weighted by atomic mass is 9.82. The minimum absolute atomic E-state index is 0.0226. The van der Waals surface area contributed by atoms with E-state index < -0.39 is 25.9 Å². The molecule has 0 aliphatic carbocycles. The molecular formula is C44H52N3O6Si+. The van der Waals surface area contributed by atoms with Crippen molar-refractivity contribution in [3.05, 3.63) is 111 Å². The van der Waals surface area contributed by atoms with Crippen LogP contribution in [0.4, 0.5) is 11.4 Å². The maximum Gasteiger partial charge on any atom is 0.325 e. The van der Waals surface area contributed by atoms with Crippen LogP contribution in [0.2, 0.25) is 13.1 Å². The predicted molar refractivity (Wildman–Crippen MR) is 217 cm³/mol. The molecular weight excluding hydrogens is 695 g/mol. The molecule has 0 radical (unpaired) electrons. The van der Waals surface area contributed by atoms with Crippen molar-refractivity contribution in [1.82, 2.24) is 9.48 Å². The van der Waals surface area contributed by atoms with Crippen molar-refractivity contribution in [3.8, 4) is 5.75 Å². The number of phenolic OH excluding ortho intramolecular Hbond substituents is 1. The number of amides is 1. The Bertz CT molecular complexity index is 2280. The Labute approximate surface area is 319 Å². The number of carbonyl (C=O) groups is 3. The van der Waals surface area contributed by atoms with E-state index in [1.165, 1.54) is 46.3 Å². The number of benzene rings is 4. The Morgan fingerprint density at radius 2 is 1.48 bits per heavy atom. The van der Waals surface area contributed by atoms with Gasteiger partial charge in [0.05, 0.1) is 14.2 Å². The molecule has 4 aromatic rings. The van der Waals surface area contributed by atoms with Gasteiger partial charge in [-0.1, -0.05) is 32.2 Å². The molecule has 2 aliphatic rings. The quantitative estimate of drug-likeness (QED) is 0.154. The number of nitrogens with zero attached hydrogens (tertiary/aromatic N) is 3. The fraction of sp³-hybridized carbons (Fsp3) is 0.364. The maximum absolute atomic E-state index is 13.8. The highest BCUT2D eigenvalue weighted by Gasteiger charge is 2.41. The summed E-state index contributed by atoms with van der Waals surface area (Å²) in [5, 5.41) is 15.2. The molecule has 1 N–H and O–H groups in total. The van der Waals surface area contributed by atoms with Crippen LogP contribution in [-0.4, -0.2) is 82.4 Å². The Morgan fingerprint density at radius 1 is 0.870 bits per heavy atom. The van der Waals surface area contributed by atoms with Gasteiger partial charge in [-0.25, -0.2) is 4.58 Å². The highest BCUT2D eigenvalue weighted by molar-refractivity contribution is 7.01. The molecule has 0 aromatic heterocycles. The van der Waals surface area contributed by atoms with Crippen molar-refractivity contribution in [2.75, 3.05) is 45.8 Å². The largest absolute Gasteiger partial charge is 0.508 e. The molecule has 6 rings (SSSR count). The number of hydrogen-bond donors (Lipinski definition) is 1. The van der Waals surface area contributed by atoms with E-state index in [4.69, 9.17) is 9.47 Å². The third-order valence-electron chi connectivity index (χ3n) is 11.5. The summed E-state index contributed by atoms with van der Waals surface area (Å²) in [6, 6.07) is 24.6. The van der Waals surface area contributed by atoms with E-state index in [1.54, 1.807) is 18.2 Å². The van der Waals surface area contributed by atoms with Gasteiger partial charge in [0.1, 0.15) is 33.5 Å². The topological polar surface area (TPSA) is 99.4 Å². The summed E-state index contributed by atoms with van der Waals surface area (Å²) >= 11 is 0. The zero-order valence-electron chi connectivity index (χ0n) is 33.2. The molecule has 0 bridgehead atoms. The van der Waals surface area contributed by atoms with Crippen molar-refractivity contribution < 1.29 is 29.0 Å². The summed E-state index contributed by atoms with van der Waals surface area (Å²) in [5.74, 6) is -1.12. The monoisotopic (exact) mass is 746 g/mol. The van der Waals surface area contributed by atoms with E-state index in [0.29, 0.717) is 11.5 Å². The SMILES string of the molecule is CC[N+]1=c2cc3c(cc2C(C)CC1(C)C)=C(c1ccc(C(=O)N(CC(=O)OC)CC(=O)OC)cc1C)c1ccc(N(C)c2ccc(O)cc2)cc1[Si]3(C)C. The lowest BCUT2D eigenvalue weighted by molar-refractivity contribution is -0.144. The Morgan fingerprint density at radius 3 is 2.07 bits per heavy atom. The summed E-state index contributed by atoms with van der Waals surface area (Å²) in [4.78, 5) is 41.5. The number of phenols is 1. The first-order valence-corrected chi connectivity index (χ1v) is 21.6. The molecule has 54 heavy (non-hydrogen) atoms. The Kier molecular flexibility index (Phi) is 10.4. The van der Waals surface area contributed by atoms with E-state index in [9.17, 15) is 19.5 Å². The third-order valence-corrected chi connectivity index (χ3v) is 15.0. The molecule has 9 nitrogen and oxygen atoms in total. The average molecular weight is 747 g/mol. The molecule has 0 saturated heterocycles. The molecule has 282 valence electrons. The van der Waals surface area contributed by atoms with E-state index in [1.807, 2.05) is 38.2 Å². The van der Waals surface area contributed by atoms with Crippen LogP contribution in [0, 0.1) is 6.92 Å². The first-order chi connectivity index (χ1) is 25.5. The molecule has 0 spiro atoms. The number of ether oxygens (including phenoxy) is 2. The van der Waals surface area contributed by atoms with E-state index >= 15 is 0 Å². The van der Waals surface area contributed by atoms with Crippen LogP contribution in [-0.2, 0) is 19.1 Å². The third kappa shape index (κ3) is 6.83. The number of anilines is 2. The minimum Gasteiger partial charge on any atom is -0.508 e. The Hall–Kier alpha value is -5.22. The lowest BCUT2D eigenvalue weighted by Gasteiger charge is -2.36. The van der Waals surface area contributed by atoms with Crippen LogP contribution < -0.4 is 30.4 Å². The highest BCUT2D eigenvalue weighted by Crippen LogP contribution is 2.33. The predicted octanol–water partition coefficient (Wildman–Crippen LogP) is 4.44. The molecule has 2 heterocycles. The van der Waals surface area contributed by atoms with Crippen LogP contribution in [0.1, 0.15) is 72.6 Å². The van der Waals surface area contributed by atoms with Crippen LogP contribution in [0.3, 0.4) is 0 Å². The Balaban J connectivity index is 1.60. The zero-order valence-corrected chi connectivity index (χ0v) is 34.2. The summed E-state index contributed by atoms with van der Waals surface area (Å²) < 4.78 is 12.2. The normalized spacial score (nSPS) is 16.4. The van der Waals surface area contributed by atoms with Gasteiger partial charge in [-0.2, -0.15) is 0 Å². The second-order valence-corrected chi connectivity index (χ2v) is 20.1. The van der Waals surface area contributed by atoms with E-state index in [0.717, 1.165) is 45.9 Å². The first-order valence-electron chi connectivity index (χ1n) is 18.6. The molecule has 1 atom stereocenters. The number of carbonyl (C=O) groups excluding carboxylic acids is 3. The number of esters is 2. The summed E-state index contributed by atoms with van der Waals surface area (Å²) in [7, 11) is 2.21. The summed E-state index contributed by atoms with van der Waals surface area (Å²) in [6.07, 6.45) is 1.05. The van der Waals surface area contributed by atoms with Gasteiger partial charge in [0.2, 0.25) is 5.36 Å². The molecule has 2 aliphatic heterocycles. The lowest BCUT2D eigenvalue weighted by Crippen LogP contribution is -2.65. The van der Waals surface area contributed by atoms with E-state index in [-0.39, 0.29) is 24.4 Å². The van der Waals surface area contributed by atoms with Crippen molar-refractivity contribution in [2.24, 2.45) is 0 Å². The van der Waals surface area contributed by atoms with Crippen molar-refractivity contribution in [3.63, 3.8) is 0 Å². The fourth-order valence-electron chi connectivity index (χ4n) is 8.63. The molecule has 1 amide bonds. The van der Waals surface area contributed by atoms with Gasteiger partial charge in [-0.15, -0.1) is 0 Å². The molecule has 10 heteroatoms. The first kappa shape index (κ1) is 38.5. The van der Waals surface area contributed by atoms with E-state index in [2.05, 4.69) is 80.6 Å². The second-order valence-electron chi connectivity index (χ2n) is 15.8. The standard InChI is InChI=1S/C44H51N3O6Si/c1-11-47-37-23-39-36(22-35(37)28(3)24-44(47,4)5)42(33-18-12-29(20-27(33)2)43(51)46(25-40(49)52-7)26-41(50)53-8)34-19-15-31(21-38(34)54(39,9)10)45(6)30-13-16-32(48)17-14-30/h12-23,28H,11,24-26H2,1-10H3/p+1. The minimum atomic E-state index is -2.33. The van der Waals surface area contributed by atoms with Gasteiger partial charge in [-0.3, -0.25) is 14.4 Å². The van der Waals surface area contributed by atoms with Crippen molar-refractivity contribution in [2.45, 2.75) is 65.6 Å². The van der Waals surface area contributed by atoms with Crippen LogP contribution in [0.5, 0.6) is 5.75 Å². The van der Waals surface area contributed by atoms with Crippen molar-refractivity contribution >= 4 is 53.2 Å².